The lowest BCUT2D eigenvalue weighted by Gasteiger charge is -2.44. The van der Waals surface area contributed by atoms with E-state index in [4.69, 9.17) is 4.74 Å². The van der Waals surface area contributed by atoms with Crippen molar-refractivity contribution in [3.05, 3.63) is 22.4 Å². The fourth-order valence-corrected chi connectivity index (χ4v) is 4.31. The maximum Gasteiger partial charge on any atom is 0.0833 e. The molecule has 3 atom stereocenters. The van der Waals surface area contributed by atoms with Crippen molar-refractivity contribution in [2.75, 3.05) is 14.2 Å². The average molecular weight is 281 g/mol. The van der Waals surface area contributed by atoms with Crippen LogP contribution in [0.25, 0.3) is 0 Å². The summed E-state index contributed by atoms with van der Waals surface area (Å²) in [5.74, 6) is 0.783. The highest BCUT2D eigenvalue weighted by molar-refractivity contribution is 7.07. The second-order valence-corrected chi connectivity index (χ2v) is 6.76. The summed E-state index contributed by atoms with van der Waals surface area (Å²) in [7, 11) is 3.98. The van der Waals surface area contributed by atoms with E-state index in [-0.39, 0.29) is 5.60 Å². The smallest absolute Gasteiger partial charge is 0.0833 e. The van der Waals surface area contributed by atoms with Crippen LogP contribution in [0.3, 0.4) is 0 Å². The first kappa shape index (κ1) is 15.0. The van der Waals surface area contributed by atoms with Crippen molar-refractivity contribution in [3.63, 3.8) is 0 Å². The summed E-state index contributed by atoms with van der Waals surface area (Å²) in [5.41, 5.74) is 1.50. The van der Waals surface area contributed by atoms with Crippen LogP contribution in [-0.2, 0) is 11.2 Å². The van der Waals surface area contributed by atoms with E-state index in [1.54, 1.807) is 11.3 Å². The van der Waals surface area contributed by atoms with E-state index in [0.29, 0.717) is 6.04 Å². The Kier molecular flexibility index (Phi) is 5.43. The lowest BCUT2D eigenvalue weighted by atomic mass is 9.73. The SMILES string of the molecule is CNC(CCc1ccsc1)C1(OC)CCCC(C)C1. The molecule has 0 spiro atoms. The number of rotatable bonds is 6. The minimum Gasteiger partial charge on any atom is -0.377 e. The van der Waals surface area contributed by atoms with Crippen LogP contribution in [0.2, 0.25) is 0 Å². The van der Waals surface area contributed by atoms with Gasteiger partial charge in [-0.2, -0.15) is 11.3 Å². The lowest BCUT2D eigenvalue weighted by molar-refractivity contribution is -0.0792. The maximum absolute atomic E-state index is 6.01. The third kappa shape index (κ3) is 3.59. The zero-order chi connectivity index (χ0) is 13.7. The standard InChI is InChI=1S/C16H27NOS/c1-13-5-4-9-16(11-13,18-3)15(17-2)7-6-14-8-10-19-12-14/h8,10,12-13,15,17H,4-7,9,11H2,1-3H3. The molecule has 1 fully saturated rings. The third-order valence-corrected chi connectivity index (χ3v) is 5.41. The second kappa shape index (κ2) is 6.87. The average Bonchev–Trinajstić information content (AvgIpc) is 2.92. The van der Waals surface area contributed by atoms with Crippen molar-refractivity contribution in [2.24, 2.45) is 5.92 Å². The van der Waals surface area contributed by atoms with Crippen LogP contribution in [0.1, 0.15) is 44.6 Å². The van der Waals surface area contributed by atoms with Crippen LogP contribution in [0.4, 0.5) is 0 Å². The molecule has 0 aliphatic heterocycles. The predicted octanol–water partition coefficient (Wildman–Crippen LogP) is 3.86. The van der Waals surface area contributed by atoms with Crippen molar-refractivity contribution < 1.29 is 4.74 Å². The van der Waals surface area contributed by atoms with Crippen LogP contribution in [-0.4, -0.2) is 25.8 Å². The molecule has 1 saturated carbocycles. The molecule has 0 bridgehead atoms. The van der Waals surface area contributed by atoms with E-state index in [1.165, 1.54) is 31.2 Å². The number of hydrogen-bond acceptors (Lipinski definition) is 3. The predicted molar refractivity (Wildman–Crippen MR) is 82.9 cm³/mol. The summed E-state index contributed by atoms with van der Waals surface area (Å²) < 4.78 is 6.01. The molecule has 1 N–H and O–H groups in total. The first-order valence-corrected chi connectivity index (χ1v) is 8.38. The minimum absolute atomic E-state index is 0.0441. The molecule has 0 amide bonds. The number of methoxy groups -OCH3 is 1. The van der Waals surface area contributed by atoms with Gasteiger partial charge in [0.15, 0.2) is 0 Å². The van der Waals surface area contributed by atoms with Gasteiger partial charge in [-0.15, -0.1) is 0 Å². The van der Waals surface area contributed by atoms with E-state index in [9.17, 15) is 0 Å². The summed E-state index contributed by atoms with van der Waals surface area (Å²) in [6.07, 6.45) is 7.35. The van der Waals surface area contributed by atoms with Crippen LogP contribution < -0.4 is 5.32 Å². The van der Waals surface area contributed by atoms with Gasteiger partial charge in [0.1, 0.15) is 0 Å². The molecule has 0 aromatic carbocycles. The Morgan fingerprint density at radius 3 is 3.00 bits per heavy atom. The number of nitrogens with one attached hydrogen (secondary N) is 1. The molecule has 3 unspecified atom stereocenters. The Morgan fingerprint density at radius 1 is 1.58 bits per heavy atom. The zero-order valence-corrected chi connectivity index (χ0v) is 13.3. The van der Waals surface area contributed by atoms with Gasteiger partial charge in [0.25, 0.3) is 0 Å². The zero-order valence-electron chi connectivity index (χ0n) is 12.4. The minimum atomic E-state index is 0.0441. The number of aryl methyl sites for hydroxylation is 1. The van der Waals surface area contributed by atoms with E-state index >= 15 is 0 Å². The van der Waals surface area contributed by atoms with Crippen molar-refractivity contribution in [1.82, 2.24) is 5.32 Å². The molecule has 1 aliphatic carbocycles. The Balaban J connectivity index is 2.01. The number of hydrogen-bond donors (Lipinski definition) is 1. The van der Waals surface area contributed by atoms with Crippen molar-refractivity contribution in [2.45, 2.75) is 57.1 Å². The summed E-state index contributed by atoms with van der Waals surface area (Å²) in [6, 6.07) is 2.69. The summed E-state index contributed by atoms with van der Waals surface area (Å²) in [4.78, 5) is 0. The van der Waals surface area contributed by atoms with Gasteiger partial charge in [0.2, 0.25) is 0 Å². The van der Waals surface area contributed by atoms with Crippen molar-refractivity contribution in [3.8, 4) is 0 Å². The molecular formula is C16H27NOS. The third-order valence-electron chi connectivity index (χ3n) is 4.68. The van der Waals surface area contributed by atoms with Gasteiger partial charge in [0, 0.05) is 13.2 Å². The van der Waals surface area contributed by atoms with E-state index in [0.717, 1.165) is 18.8 Å². The van der Waals surface area contributed by atoms with Crippen LogP contribution in [0, 0.1) is 5.92 Å². The highest BCUT2D eigenvalue weighted by Crippen LogP contribution is 2.38. The van der Waals surface area contributed by atoms with Gasteiger partial charge in [-0.05, 0) is 61.0 Å². The molecule has 19 heavy (non-hydrogen) atoms. The normalized spacial score (nSPS) is 29.3. The molecule has 1 aromatic heterocycles. The van der Waals surface area contributed by atoms with Gasteiger partial charge in [-0.3, -0.25) is 0 Å². The second-order valence-electron chi connectivity index (χ2n) is 5.98. The molecule has 0 radical (unpaired) electrons. The van der Waals surface area contributed by atoms with Crippen molar-refractivity contribution >= 4 is 11.3 Å². The number of thiophene rings is 1. The van der Waals surface area contributed by atoms with E-state index in [2.05, 4.69) is 36.1 Å². The number of likely N-dealkylation sites (N-methyl/N-ethyl adjacent to an activating group) is 1. The quantitative estimate of drug-likeness (QED) is 0.855. The summed E-state index contributed by atoms with van der Waals surface area (Å²) in [6.45, 7) is 2.36. The Bertz CT molecular complexity index is 365. The highest BCUT2D eigenvalue weighted by atomic mass is 32.1. The molecule has 3 heteroatoms. The molecular weight excluding hydrogens is 254 g/mol. The molecule has 0 saturated heterocycles. The van der Waals surface area contributed by atoms with Crippen LogP contribution >= 0.6 is 11.3 Å². The maximum atomic E-state index is 6.01. The molecule has 1 heterocycles. The summed E-state index contributed by atoms with van der Waals surface area (Å²) in [5, 5.41) is 7.95. The Morgan fingerprint density at radius 2 is 2.42 bits per heavy atom. The molecule has 1 aromatic rings. The van der Waals surface area contributed by atoms with E-state index in [1.807, 2.05) is 7.11 Å². The Hall–Kier alpha value is -0.380. The first-order chi connectivity index (χ1) is 9.20. The monoisotopic (exact) mass is 281 g/mol. The number of ether oxygens (including phenoxy) is 1. The molecule has 108 valence electrons. The van der Waals surface area contributed by atoms with Crippen molar-refractivity contribution in [1.29, 1.82) is 0 Å². The largest absolute Gasteiger partial charge is 0.377 e. The molecule has 1 aliphatic rings. The Labute approximate surface area is 121 Å². The fourth-order valence-electron chi connectivity index (χ4n) is 3.60. The van der Waals surface area contributed by atoms with Gasteiger partial charge in [0.05, 0.1) is 5.60 Å². The topological polar surface area (TPSA) is 21.3 Å². The lowest BCUT2D eigenvalue weighted by Crippen LogP contribution is -2.53. The van der Waals surface area contributed by atoms with Gasteiger partial charge in [-0.1, -0.05) is 19.8 Å². The summed E-state index contributed by atoms with van der Waals surface area (Å²) >= 11 is 1.79. The highest BCUT2D eigenvalue weighted by Gasteiger charge is 2.41. The molecule has 2 nitrogen and oxygen atoms in total. The van der Waals surface area contributed by atoms with Gasteiger partial charge >= 0.3 is 0 Å². The van der Waals surface area contributed by atoms with Crippen LogP contribution in [0.15, 0.2) is 16.8 Å². The first-order valence-electron chi connectivity index (χ1n) is 7.43. The van der Waals surface area contributed by atoms with Gasteiger partial charge in [-0.25, -0.2) is 0 Å². The van der Waals surface area contributed by atoms with Gasteiger partial charge < -0.3 is 10.1 Å². The van der Waals surface area contributed by atoms with E-state index < -0.39 is 0 Å². The molecule has 2 rings (SSSR count). The fraction of sp³-hybridized carbons (Fsp3) is 0.750. The van der Waals surface area contributed by atoms with Crippen LogP contribution in [0.5, 0.6) is 0 Å².